The summed E-state index contributed by atoms with van der Waals surface area (Å²) in [5, 5.41) is 0.964. The van der Waals surface area contributed by atoms with E-state index in [-0.39, 0.29) is 13.0 Å². The van der Waals surface area contributed by atoms with E-state index < -0.39 is 40.2 Å². The van der Waals surface area contributed by atoms with E-state index in [0.717, 1.165) is 23.2 Å². The molecule has 0 aromatic carbocycles. The minimum absolute atomic E-state index is 0.176. The first-order valence-corrected chi connectivity index (χ1v) is 11.1. The van der Waals surface area contributed by atoms with Crippen molar-refractivity contribution in [1.29, 1.82) is 0 Å². The van der Waals surface area contributed by atoms with Crippen molar-refractivity contribution in [2.45, 2.75) is 57.3 Å². The Bertz CT molecular complexity index is 965. The Morgan fingerprint density at radius 2 is 2.16 bits per heavy atom. The number of hydrogen-bond acceptors (Lipinski definition) is 5. The molecule has 1 fully saturated rings. The topological polar surface area (TPSA) is 59.5 Å². The second-order valence-electron chi connectivity index (χ2n) is 7.46. The van der Waals surface area contributed by atoms with Crippen LogP contribution in [0.25, 0.3) is 0 Å². The molecule has 2 aromatic rings. The third kappa shape index (κ3) is 4.72. The molecule has 0 N–H and O–H groups in total. The molecule has 168 valence electrons. The highest BCUT2D eigenvalue weighted by Gasteiger charge is 2.53. The Morgan fingerprint density at radius 3 is 2.74 bits per heavy atom. The maximum atomic E-state index is 13.5. The third-order valence-corrected chi connectivity index (χ3v) is 6.50. The summed E-state index contributed by atoms with van der Waals surface area (Å²) in [6.07, 6.45) is -2.08. The molecule has 0 aliphatic carbocycles. The summed E-state index contributed by atoms with van der Waals surface area (Å²) in [5.41, 5.74) is -3.36. The number of nitrogens with zero attached hydrogens (tertiary/aromatic N) is 2. The molecule has 0 radical (unpaired) electrons. The molecular weight excluding hydrogens is 453 g/mol. The summed E-state index contributed by atoms with van der Waals surface area (Å²) in [6, 6.07) is 2.89. The van der Waals surface area contributed by atoms with Gasteiger partial charge in [0.25, 0.3) is 11.1 Å². The number of likely N-dealkylation sites (tertiary alicyclic amines) is 1. The van der Waals surface area contributed by atoms with Crippen LogP contribution in [0.2, 0.25) is 0 Å². The maximum absolute atomic E-state index is 13.5. The molecule has 2 aromatic heterocycles. The van der Waals surface area contributed by atoms with Gasteiger partial charge in [-0.15, -0.1) is 11.3 Å². The van der Waals surface area contributed by atoms with Gasteiger partial charge >= 0.3 is 6.18 Å². The van der Waals surface area contributed by atoms with E-state index in [0.29, 0.717) is 25.0 Å². The number of rotatable bonds is 6. The smallest absolute Gasteiger partial charge is 0.418 e. The average molecular weight is 475 g/mol. The number of amides is 1. The molecule has 2 atom stereocenters. The Morgan fingerprint density at radius 1 is 1.42 bits per heavy atom. The van der Waals surface area contributed by atoms with Gasteiger partial charge in [-0.2, -0.15) is 13.2 Å². The summed E-state index contributed by atoms with van der Waals surface area (Å²) in [5.74, 6) is -0.445. The molecule has 0 bridgehead atoms. The van der Waals surface area contributed by atoms with Crippen LogP contribution in [0.3, 0.4) is 0 Å². The first-order valence-electron chi connectivity index (χ1n) is 9.87. The molecule has 31 heavy (non-hydrogen) atoms. The zero-order valence-corrected chi connectivity index (χ0v) is 18.6. The SMILES string of the molecule is CCC[C@H]1N(C(=O)c2ncccc2C(F)(F)F)CCC[C@@]1(Oc1csc(C)c1)C(=O)Cl. The quantitative estimate of drug-likeness (QED) is 0.522. The Kier molecular flexibility index (Phi) is 6.95. The fraction of sp³-hybridized carbons (Fsp3) is 0.476. The van der Waals surface area contributed by atoms with E-state index in [1.807, 2.05) is 13.8 Å². The predicted octanol–water partition coefficient (Wildman–Crippen LogP) is 5.46. The fourth-order valence-corrected chi connectivity index (χ4v) is 4.87. The molecule has 10 heteroatoms. The lowest BCUT2D eigenvalue weighted by atomic mass is 9.82. The zero-order valence-electron chi connectivity index (χ0n) is 17.0. The Labute approximate surface area is 187 Å². The molecule has 1 aliphatic rings. The molecule has 0 saturated carbocycles. The summed E-state index contributed by atoms with van der Waals surface area (Å²) < 4.78 is 46.5. The van der Waals surface area contributed by atoms with Crippen LogP contribution in [-0.2, 0) is 11.0 Å². The highest BCUT2D eigenvalue weighted by Crippen LogP contribution is 2.40. The van der Waals surface area contributed by atoms with Crippen molar-refractivity contribution in [3.05, 3.63) is 45.9 Å². The van der Waals surface area contributed by atoms with Crippen LogP contribution in [0.1, 0.15) is 53.5 Å². The Hall–Kier alpha value is -2.13. The van der Waals surface area contributed by atoms with Crippen molar-refractivity contribution in [2.75, 3.05) is 6.54 Å². The van der Waals surface area contributed by atoms with Gasteiger partial charge in [-0.25, -0.2) is 0 Å². The fourth-order valence-electron chi connectivity index (χ4n) is 4.00. The lowest BCUT2D eigenvalue weighted by Crippen LogP contribution is -2.64. The lowest BCUT2D eigenvalue weighted by molar-refractivity contribution is -0.139. The van der Waals surface area contributed by atoms with Gasteiger partial charge in [0.1, 0.15) is 11.4 Å². The molecule has 0 spiro atoms. The van der Waals surface area contributed by atoms with Gasteiger partial charge in [0.05, 0.1) is 11.6 Å². The van der Waals surface area contributed by atoms with Crippen molar-refractivity contribution in [3.8, 4) is 5.75 Å². The molecule has 1 amide bonds. The van der Waals surface area contributed by atoms with Crippen LogP contribution in [-0.4, -0.2) is 39.2 Å². The standard InChI is InChI=1S/C21H22ClF3N2O3S/c1-3-6-16-20(19(22)29,30-14-11-13(2)31-12-14)8-5-10-27(16)18(28)17-15(21(23,24)25)7-4-9-26-17/h4,7,9,11-12,16H,3,5-6,8,10H2,1-2H3/t16-,20+/m1/s1. The van der Waals surface area contributed by atoms with E-state index in [4.69, 9.17) is 16.3 Å². The summed E-state index contributed by atoms with van der Waals surface area (Å²) in [4.78, 5) is 31.9. The minimum Gasteiger partial charge on any atom is -0.475 e. The first kappa shape index (κ1) is 23.5. The number of piperidine rings is 1. The van der Waals surface area contributed by atoms with Crippen LogP contribution in [0, 0.1) is 6.92 Å². The molecule has 0 unspecified atom stereocenters. The normalized spacial score (nSPS) is 21.7. The average Bonchev–Trinajstić information content (AvgIpc) is 3.12. The van der Waals surface area contributed by atoms with Gasteiger partial charge in [-0.05, 0) is 56.0 Å². The molecule has 5 nitrogen and oxygen atoms in total. The van der Waals surface area contributed by atoms with Crippen LogP contribution in [0.5, 0.6) is 5.75 Å². The second kappa shape index (κ2) is 9.16. The number of hydrogen-bond donors (Lipinski definition) is 0. The number of pyridine rings is 1. The number of alkyl halides is 3. The van der Waals surface area contributed by atoms with Crippen molar-refractivity contribution in [2.24, 2.45) is 0 Å². The number of halogens is 4. The van der Waals surface area contributed by atoms with Gasteiger partial charge in [-0.3, -0.25) is 14.6 Å². The number of aryl methyl sites for hydroxylation is 1. The summed E-state index contributed by atoms with van der Waals surface area (Å²) in [6.45, 7) is 3.92. The van der Waals surface area contributed by atoms with E-state index in [9.17, 15) is 22.8 Å². The van der Waals surface area contributed by atoms with E-state index in [1.165, 1.54) is 16.2 Å². The van der Waals surface area contributed by atoms with Crippen LogP contribution in [0.4, 0.5) is 13.2 Å². The highest BCUT2D eigenvalue weighted by atomic mass is 35.5. The maximum Gasteiger partial charge on any atom is 0.418 e. The minimum atomic E-state index is -4.74. The van der Waals surface area contributed by atoms with Gasteiger partial charge < -0.3 is 9.64 Å². The lowest BCUT2D eigenvalue weighted by Gasteiger charge is -2.47. The van der Waals surface area contributed by atoms with Crippen molar-refractivity contribution in [3.63, 3.8) is 0 Å². The highest BCUT2D eigenvalue weighted by molar-refractivity contribution is 7.10. The first-order chi connectivity index (χ1) is 14.6. The molecule has 1 aliphatic heterocycles. The van der Waals surface area contributed by atoms with Gasteiger partial charge in [0.2, 0.25) is 5.60 Å². The number of carbonyl (C=O) groups excluding carboxylic acids is 2. The molecule has 1 saturated heterocycles. The number of ether oxygens (including phenoxy) is 1. The number of thiophene rings is 1. The molecule has 3 heterocycles. The molecular formula is C21H22ClF3N2O3S. The largest absolute Gasteiger partial charge is 0.475 e. The van der Waals surface area contributed by atoms with Crippen LogP contribution >= 0.6 is 22.9 Å². The zero-order chi connectivity index (χ0) is 22.8. The van der Waals surface area contributed by atoms with Crippen LogP contribution in [0.15, 0.2) is 29.8 Å². The number of carbonyl (C=O) groups is 2. The summed E-state index contributed by atoms with van der Waals surface area (Å²) >= 11 is 7.46. The van der Waals surface area contributed by atoms with Crippen molar-refractivity contribution in [1.82, 2.24) is 9.88 Å². The van der Waals surface area contributed by atoms with Gasteiger partial charge in [0, 0.05) is 23.0 Å². The van der Waals surface area contributed by atoms with Gasteiger partial charge in [0.15, 0.2) is 0 Å². The van der Waals surface area contributed by atoms with E-state index in [1.54, 1.807) is 11.4 Å². The van der Waals surface area contributed by atoms with Crippen molar-refractivity contribution >= 4 is 34.1 Å². The predicted molar refractivity (Wildman–Crippen MR) is 111 cm³/mol. The van der Waals surface area contributed by atoms with E-state index in [2.05, 4.69) is 4.98 Å². The Balaban J connectivity index is 2.04. The number of aromatic nitrogens is 1. The van der Waals surface area contributed by atoms with E-state index >= 15 is 0 Å². The second-order valence-corrected chi connectivity index (χ2v) is 8.92. The summed E-state index contributed by atoms with van der Waals surface area (Å²) in [7, 11) is 0. The third-order valence-electron chi connectivity index (χ3n) is 5.34. The molecule has 3 rings (SSSR count). The van der Waals surface area contributed by atoms with Gasteiger partial charge in [-0.1, -0.05) is 13.3 Å². The van der Waals surface area contributed by atoms with Crippen LogP contribution < -0.4 is 4.74 Å². The van der Waals surface area contributed by atoms with Crippen molar-refractivity contribution < 1.29 is 27.5 Å². The monoisotopic (exact) mass is 474 g/mol.